The van der Waals surface area contributed by atoms with Crippen LogP contribution in [0.3, 0.4) is 0 Å². The summed E-state index contributed by atoms with van der Waals surface area (Å²) in [4.78, 5) is 12.8. The third kappa shape index (κ3) is 5.38. The molecule has 0 aliphatic rings. The summed E-state index contributed by atoms with van der Waals surface area (Å²) in [6, 6.07) is 7.84. The van der Waals surface area contributed by atoms with Gasteiger partial charge in [0.25, 0.3) is 0 Å². The van der Waals surface area contributed by atoms with E-state index < -0.39 is 0 Å². The van der Waals surface area contributed by atoms with Gasteiger partial charge in [-0.2, -0.15) is 0 Å². The van der Waals surface area contributed by atoms with E-state index in [1.54, 1.807) is 11.8 Å². The van der Waals surface area contributed by atoms with Crippen LogP contribution < -0.4 is 11.1 Å². The molecule has 0 aliphatic carbocycles. The molecule has 0 fully saturated rings. The topological polar surface area (TPSA) is 55.1 Å². The van der Waals surface area contributed by atoms with Crippen LogP contribution in [0.15, 0.2) is 41.8 Å². The number of carbonyl (C=O) groups is 1. The predicted molar refractivity (Wildman–Crippen MR) is 78.9 cm³/mol. The molecule has 3 N–H and O–H groups in total. The molecule has 18 heavy (non-hydrogen) atoms. The first-order valence-corrected chi connectivity index (χ1v) is 7.00. The van der Waals surface area contributed by atoms with Gasteiger partial charge in [0.15, 0.2) is 0 Å². The Kier molecular flexibility index (Phi) is 6.54. The molecular formula is C14H20N2OS. The molecule has 0 spiro atoms. The Hall–Kier alpha value is -1.26. The maximum absolute atomic E-state index is 11.7. The van der Waals surface area contributed by atoms with Crippen molar-refractivity contribution >= 4 is 23.4 Å². The molecule has 98 valence electrons. The highest BCUT2D eigenvalue weighted by atomic mass is 32.2. The molecule has 4 heteroatoms. The Balaban J connectivity index is 2.59. The molecule has 0 aromatic heterocycles. The van der Waals surface area contributed by atoms with Crippen molar-refractivity contribution in [3.8, 4) is 0 Å². The molecule has 0 bridgehead atoms. The lowest BCUT2D eigenvalue weighted by Gasteiger charge is -2.10. The average Bonchev–Trinajstić information content (AvgIpc) is 2.35. The predicted octanol–water partition coefficient (Wildman–Crippen LogP) is 3.03. The van der Waals surface area contributed by atoms with Gasteiger partial charge in [-0.3, -0.25) is 4.79 Å². The lowest BCUT2D eigenvalue weighted by molar-refractivity contribution is -0.116. The van der Waals surface area contributed by atoms with E-state index in [1.807, 2.05) is 37.3 Å². The smallest absolute Gasteiger partial charge is 0.224 e. The molecule has 1 rings (SSSR count). The summed E-state index contributed by atoms with van der Waals surface area (Å²) in [6.45, 7) is 5.60. The van der Waals surface area contributed by atoms with Crippen LogP contribution in [-0.4, -0.2) is 17.7 Å². The van der Waals surface area contributed by atoms with E-state index in [1.165, 1.54) is 0 Å². The zero-order valence-electron chi connectivity index (χ0n) is 10.7. The number of hydrogen-bond donors (Lipinski definition) is 2. The van der Waals surface area contributed by atoms with Crippen molar-refractivity contribution in [2.45, 2.75) is 30.7 Å². The van der Waals surface area contributed by atoms with Gasteiger partial charge in [-0.1, -0.05) is 18.2 Å². The second kappa shape index (κ2) is 7.95. The van der Waals surface area contributed by atoms with Gasteiger partial charge in [0.2, 0.25) is 5.91 Å². The van der Waals surface area contributed by atoms with E-state index in [0.29, 0.717) is 12.8 Å². The van der Waals surface area contributed by atoms with Crippen LogP contribution in [0.2, 0.25) is 0 Å². The Morgan fingerprint density at radius 3 is 2.94 bits per heavy atom. The van der Waals surface area contributed by atoms with E-state index in [9.17, 15) is 4.79 Å². The number of nitrogens with one attached hydrogen (secondary N) is 1. The van der Waals surface area contributed by atoms with Crippen LogP contribution in [0.25, 0.3) is 0 Å². The van der Waals surface area contributed by atoms with Crippen LogP contribution in [0.4, 0.5) is 5.69 Å². The van der Waals surface area contributed by atoms with Crippen molar-refractivity contribution in [1.29, 1.82) is 0 Å². The van der Waals surface area contributed by atoms with E-state index in [2.05, 4.69) is 11.9 Å². The van der Waals surface area contributed by atoms with Gasteiger partial charge in [-0.25, -0.2) is 0 Å². The molecule has 1 amide bonds. The van der Waals surface area contributed by atoms with Crippen molar-refractivity contribution < 1.29 is 4.79 Å². The highest BCUT2D eigenvalue weighted by Gasteiger charge is 2.07. The molecule has 0 aliphatic heterocycles. The minimum atomic E-state index is 0.0129. The monoisotopic (exact) mass is 264 g/mol. The molecule has 0 saturated carbocycles. The summed E-state index contributed by atoms with van der Waals surface area (Å²) in [5.74, 6) is 0.839. The van der Waals surface area contributed by atoms with Crippen molar-refractivity contribution in [2.24, 2.45) is 5.73 Å². The van der Waals surface area contributed by atoms with Gasteiger partial charge in [-0.05, 0) is 25.5 Å². The quantitative estimate of drug-likeness (QED) is 0.588. The zero-order valence-corrected chi connectivity index (χ0v) is 11.5. The number of benzene rings is 1. The van der Waals surface area contributed by atoms with Gasteiger partial charge >= 0.3 is 0 Å². The number of hydrogen-bond acceptors (Lipinski definition) is 3. The van der Waals surface area contributed by atoms with Crippen molar-refractivity contribution in [3.63, 3.8) is 0 Å². The summed E-state index contributed by atoms with van der Waals surface area (Å²) in [5.41, 5.74) is 6.49. The molecular weight excluding hydrogens is 244 g/mol. The first-order valence-electron chi connectivity index (χ1n) is 6.01. The lowest BCUT2D eigenvalue weighted by atomic mass is 10.2. The highest BCUT2D eigenvalue weighted by Crippen LogP contribution is 2.27. The first kappa shape index (κ1) is 14.8. The Morgan fingerprint density at radius 2 is 2.28 bits per heavy atom. The molecule has 0 radical (unpaired) electrons. The molecule has 0 saturated heterocycles. The fraction of sp³-hybridized carbons (Fsp3) is 0.357. The van der Waals surface area contributed by atoms with Crippen LogP contribution in [0, 0.1) is 0 Å². The van der Waals surface area contributed by atoms with Crippen LogP contribution in [-0.2, 0) is 4.79 Å². The fourth-order valence-corrected chi connectivity index (χ4v) is 2.16. The van der Waals surface area contributed by atoms with Gasteiger partial charge < -0.3 is 11.1 Å². The second-order valence-corrected chi connectivity index (χ2v) is 5.22. The number of rotatable bonds is 7. The average molecular weight is 264 g/mol. The standard InChI is InChI=1S/C14H20N2OS/c1-3-10-18-13-7-5-4-6-12(13)16-14(17)9-8-11(2)15/h3-7,11H,1,8-10,15H2,2H3,(H,16,17). The summed E-state index contributed by atoms with van der Waals surface area (Å²) < 4.78 is 0. The molecule has 0 heterocycles. The van der Waals surface area contributed by atoms with Crippen molar-refractivity contribution in [3.05, 3.63) is 36.9 Å². The van der Waals surface area contributed by atoms with Crippen molar-refractivity contribution in [2.75, 3.05) is 11.1 Å². The fourth-order valence-electron chi connectivity index (χ4n) is 1.42. The van der Waals surface area contributed by atoms with E-state index in [0.717, 1.165) is 16.3 Å². The normalized spacial score (nSPS) is 11.9. The first-order chi connectivity index (χ1) is 8.63. The van der Waals surface area contributed by atoms with Crippen LogP contribution in [0.1, 0.15) is 19.8 Å². The van der Waals surface area contributed by atoms with Gasteiger partial charge in [0, 0.05) is 23.1 Å². The summed E-state index contributed by atoms with van der Waals surface area (Å²) in [7, 11) is 0. The number of para-hydroxylation sites is 1. The number of thioether (sulfide) groups is 1. The Morgan fingerprint density at radius 1 is 1.56 bits per heavy atom. The SMILES string of the molecule is C=CCSc1ccccc1NC(=O)CCC(C)N. The second-order valence-electron chi connectivity index (χ2n) is 4.16. The van der Waals surface area contributed by atoms with E-state index >= 15 is 0 Å². The zero-order chi connectivity index (χ0) is 13.4. The maximum Gasteiger partial charge on any atom is 0.224 e. The summed E-state index contributed by atoms with van der Waals surface area (Å²) >= 11 is 1.66. The van der Waals surface area contributed by atoms with Gasteiger partial charge in [-0.15, -0.1) is 18.3 Å². The van der Waals surface area contributed by atoms with Gasteiger partial charge in [0.1, 0.15) is 0 Å². The lowest BCUT2D eigenvalue weighted by Crippen LogP contribution is -2.19. The third-order valence-electron chi connectivity index (χ3n) is 2.34. The number of nitrogens with two attached hydrogens (primary N) is 1. The third-order valence-corrected chi connectivity index (χ3v) is 3.41. The molecule has 1 aromatic carbocycles. The van der Waals surface area contributed by atoms with E-state index in [4.69, 9.17) is 5.73 Å². The number of carbonyl (C=O) groups excluding carboxylic acids is 1. The Labute approximate surface area is 113 Å². The van der Waals surface area contributed by atoms with E-state index in [-0.39, 0.29) is 11.9 Å². The minimum Gasteiger partial charge on any atom is -0.328 e. The largest absolute Gasteiger partial charge is 0.328 e. The highest BCUT2D eigenvalue weighted by molar-refractivity contribution is 7.99. The Bertz CT molecular complexity index is 405. The molecule has 1 unspecified atom stereocenters. The van der Waals surface area contributed by atoms with Crippen LogP contribution in [0.5, 0.6) is 0 Å². The molecule has 1 atom stereocenters. The molecule has 3 nitrogen and oxygen atoms in total. The van der Waals surface area contributed by atoms with Crippen LogP contribution >= 0.6 is 11.8 Å². The van der Waals surface area contributed by atoms with Crippen molar-refractivity contribution in [1.82, 2.24) is 0 Å². The minimum absolute atomic E-state index is 0.0129. The summed E-state index contributed by atoms with van der Waals surface area (Å²) in [6.07, 6.45) is 3.01. The maximum atomic E-state index is 11.7. The molecule has 1 aromatic rings. The number of amides is 1. The van der Waals surface area contributed by atoms with Gasteiger partial charge in [0.05, 0.1) is 5.69 Å². The summed E-state index contributed by atoms with van der Waals surface area (Å²) in [5, 5.41) is 2.93. The number of anilines is 1.